The van der Waals surface area contributed by atoms with Crippen molar-refractivity contribution in [1.82, 2.24) is 5.32 Å². The lowest BCUT2D eigenvalue weighted by Crippen LogP contribution is -2.16. The highest BCUT2D eigenvalue weighted by Crippen LogP contribution is 2.05. The molecule has 0 unspecified atom stereocenters. The highest BCUT2D eigenvalue weighted by molar-refractivity contribution is 4.52. The van der Waals surface area contributed by atoms with E-state index in [1.54, 1.807) is 0 Å². The summed E-state index contributed by atoms with van der Waals surface area (Å²) < 4.78 is 0. The molecule has 0 aliphatic heterocycles. The summed E-state index contributed by atoms with van der Waals surface area (Å²) in [5, 5.41) is 3.50. The molecule has 2 nitrogen and oxygen atoms in total. The van der Waals surface area contributed by atoms with Crippen LogP contribution in [-0.2, 0) is 0 Å². The molecule has 0 saturated heterocycles. The Labute approximate surface area is 96.0 Å². The smallest absolute Gasteiger partial charge is 0.00489 e. The number of rotatable bonds is 11. The second-order valence-electron chi connectivity index (χ2n) is 4.84. The van der Waals surface area contributed by atoms with Crippen molar-refractivity contribution in [2.75, 3.05) is 19.6 Å². The summed E-state index contributed by atoms with van der Waals surface area (Å²) in [6.45, 7) is 7.83. The molecule has 0 aliphatic rings. The number of hydrogen-bond acceptors (Lipinski definition) is 2. The fraction of sp³-hybridized carbons (Fsp3) is 1.00. The minimum absolute atomic E-state index is 0.850. The van der Waals surface area contributed by atoms with Gasteiger partial charge in [0.05, 0.1) is 0 Å². The Morgan fingerprint density at radius 2 is 1.47 bits per heavy atom. The Kier molecular flexibility index (Phi) is 11.9. The number of nitrogens with two attached hydrogens (primary N) is 1. The molecular weight excluding hydrogens is 184 g/mol. The summed E-state index contributed by atoms with van der Waals surface area (Å²) in [6.07, 6.45) is 9.21. The van der Waals surface area contributed by atoms with Crippen molar-refractivity contribution in [3.05, 3.63) is 0 Å². The second-order valence-corrected chi connectivity index (χ2v) is 4.84. The van der Waals surface area contributed by atoms with Gasteiger partial charge in [0.25, 0.3) is 0 Å². The minimum Gasteiger partial charge on any atom is -0.330 e. The average Bonchev–Trinajstić information content (AvgIpc) is 2.20. The van der Waals surface area contributed by atoms with Crippen molar-refractivity contribution in [1.29, 1.82) is 0 Å². The fourth-order valence-electron chi connectivity index (χ4n) is 1.68. The van der Waals surface area contributed by atoms with E-state index in [4.69, 9.17) is 5.73 Å². The Hall–Kier alpha value is -0.0800. The van der Waals surface area contributed by atoms with Crippen LogP contribution in [0.2, 0.25) is 0 Å². The molecule has 3 N–H and O–H groups in total. The first kappa shape index (κ1) is 14.9. The van der Waals surface area contributed by atoms with Gasteiger partial charge in [-0.05, 0) is 44.8 Å². The van der Waals surface area contributed by atoms with Gasteiger partial charge in [0, 0.05) is 0 Å². The minimum atomic E-state index is 0.850. The van der Waals surface area contributed by atoms with Crippen LogP contribution in [-0.4, -0.2) is 19.6 Å². The molecule has 2 heteroatoms. The van der Waals surface area contributed by atoms with Gasteiger partial charge < -0.3 is 11.1 Å². The molecule has 0 bridgehead atoms. The van der Waals surface area contributed by atoms with Crippen molar-refractivity contribution in [3.63, 3.8) is 0 Å². The lowest BCUT2D eigenvalue weighted by molar-refractivity contribution is 0.513. The molecule has 0 rings (SSSR count). The first-order valence-electron chi connectivity index (χ1n) is 6.68. The predicted octanol–water partition coefficient (Wildman–Crippen LogP) is 2.92. The monoisotopic (exact) mass is 214 g/mol. The maximum atomic E-state index is 5.43. The molecular formula is C13H30N2. The Balaban J connectivity index is 2.87. The van der Waals surface area contributed by atoms with E-state index in [1.165, 1.54) is 58.0 Å². The molecule has 0 radical (unpaired) electrons. The molecule has 0 aliphatic carbocycles. The van der Waals surface area contributed by atoms with Gasteiger partial charge in [-0.1, -0.05) is 39.5 Å². The number of nitrogens with one attached hydrogen (secondary N) is 1. The number of unbranched alkanes of at least 4 members (excludes halogenated alkanes) is 4. The maximum absolute atomic E-state index is 5.43. The van der Waals surface area contributed by atoms with Crippen LogP contribution in [0.4, 0.5) is 0 Å². The normalized spacial score (nSPS) is 11.2. The average molecular weight is 214 g/mol. The summed E-state index contributed by atoms with van der Waals surface area (Å²) in [5.41, 5.74) is 5.43. The van der Waals surface area contributed by atoms with E-state index >= 15 is 0 Å². The van der Waals surface area contributed by atoms with Gasteiger partial charge in [-0.2, -0.15) is 0 Å². The van der Waals surface area contributed by atoms with Crippen molar-refractivity contribution >= 4 is 0 Å². The molecule has 0 aromatic rings. The Morgan fingerprint density at radius 3 is 2.07 bits per heavy atom. The van der Waals surface area contributed by atoms with E-state index in [-0.39, 0.29) is 0 Å². The van der Waals surface area contributed by atoms with Gasteiger partial charge in [0.1, 0.15) is 0 Å². The van der Waals surface area contributed by atoms with Gasteiger partial charge in [0.2, 0.25) is 0 Å². The van der Waals surface area contributed by atoms with E-state index < -0.39 is 0 Å². The largest absolute Gasteiger partial charge is 0.330 e. The zero-order valence-corrected chi connectivity index (χ0v) is 10.7. The zero-order valence-electron chi connectivity index (χ0n) is 10.7. The first-order chi connectivity index (χ1) is 7.27. The summed E-state index contributed by atoms with van der Waals surface area (Å²) in [7, 11) is 0. The van der Waals surface area contributed by atoms with E-state index in [0.29, 0.717) is 0 Å². The Morgan fingerprint density at radius 1 is 0.867 bits per heavy atom. The lowest BCUT2D eigenvalue weighted by atomic mass is 10.1. The van der Waals surface area contributed by atoms with Crippen LogP contribution in [0.25, 0.3) is 0 Å². The molecule has 0 spiro atoms. The Bertz CT molecular complexity index is 113. The molecule has 0 aromatic heterocycles. The zero-order chi connectivity index (χ0) is 11.4. The quantitative estimate of drug-likeness (QED) is 0.519. The van der Waals surface area contributed by atoms with Crippen LogP contribution in [0.5, 0.6) is 0 Å². The molecule has 0 atom stereocenters. The molecule has 15 heavy (non-hydrogen) atoms. The third-order valence-corrected chi connectivity index (χ3v) is 2.69. The van der Waals surface area contributed by atoms with Gasteiger partial charge in [-0.25, -0.2) is 0 Å². The molecule has 92 valence electrons. The third kappa shape index (κ3) is 13.9. The third-order valence-electron chi connectivity index (χ3n) is 2.69. The van der Waals surface area contributed by atoms with Crippen LogP contribution in [0.3, 0.4) is 0 Å². The van der Waals surface area contributed by atoms with Crippen LogP contribution in [0.15, 0.2) is 0 Å². The SMILES string of the molecule is CC(C)CCCCNCCCCCCN. The fourth-order valence-corrected chi connectivity index (χ4v) is 1.68. The summed E-state index contributed by atoms with van der Waals surface area (Å²) in [5.74, 6) is 0.862. The molecule has 0 saturated carbocycles. The predicted molar refractivity (Wildman–Crippen MR) is 69.1 cm³/mol. The van der Waals surface area contributed by atoms with Crippen LogP contribution in [0, 0.1) is 5.92 Å². The highest BCUT2D eigenvalue weighted by atomic mass is 14.8. The van der Waals surface area contributed by atoms with E-state index in [0.717, 1.165) is 12.5 Å². The van der Waals surface area contributed by atoms with Crippen LogP contribution < -0.4 is 11.1 Å². The van der Waals surface area contributed by atoms with Gasteiger partial charge in [-0.15, -0.1) is 0 Å². The lowest BCUT2D eigenvalue weighted by Gasteiger charge is -2.06. The van der Waals surface area contributed by atoms with E-state index in [2.05, 4.69) is 19.2 Å². The van der Waals surface area contributed by atoms with Crippen LogP contribution in [0.1, 0.15) is 58.8 Å². The van der Waals surface area contributed by atoms with Gasteiger partial charge in [0.15, 0.2) is 0 Å². The summed E-state index contributed by atoms with van der Waals surface area (Å²) in [6, 6.07) is 0. The van der Waals surface area contributed by atoms with E-state index in [1.807, 2.05) is 0 Å². The second kappa shape index (κ2) is 12.0. The van der Waals surface area contributed by atoms with E-state index in [9.17, 15) is 0 Å². The van der Waals surface area contributed by atoms with Crippen molar-refractivity contribution in [2.45, 2.75) is 58.8 Å². The summed E-state index contributed by atoms with van der Waals surface area (Å²) in [4.78, 5) is 0. The van der Waals surface area contributed by atoms with Crippen molar-refractivity contribution in [3.8, 4) is 0 Å². The molecule has 0 aromatic carbocycles. The van der Waals surface area contributed by atoms with Gasteiger partial charge >= 0.3 is 0 Å². The molecule has 0 heterocycles. The highest BCUT2D eigenvalue weighted by Gasteiger charge is 1.94. The topological polar surface area (TPSA) is 38.0 Å². The van der Waals surface area contributed by atoms with Crippen molar-refractivity contribution < 1.29 is 0 Å². The van der Waals surface area contributed by atoms with Gasteiger partial charge in [-0.3, -0.25) is 0 Å². The molecule has 0 fully saturated rings. The number of hydrogen-bond donors (Lipinski definition) is 2. The first-order valence-corrected chi connectivity index (χ1v) is 6.68. The summed E-state index contributed by atoms with van der Waals surface area (Å²) >= 11 is 0. The van der Waals surface area contributed by atoms with Crippen molar-refractivity contribution in [2.24, 2.45) is 11.7 Å². The maximum Gasteiger partial charge on any atom is -0.00489 e. The van der Waals surface area contributed by atoms with Crippen LogP contribution >= 0.6 is 0 Å². The standard InChI is InChI=1S/C13H30N2/c1-13(2)9-5-8-12-15-11-7-4-3-6-10-14/h13,15H,3-12,14H2,1-2H3. The molecule has 0 amide bonds.